The maximum absolute atomic E-state index is 12.7. The van der Waals surface area contributed by atoms with Gasteiger partial charge in [-0.1, -0.05) is 18.2 Å². The van der Waals surface area contributed by atoms with E-state index >= 15 is 0 Å². The van der Waals surface area contributed by atoms with Crippen LogP contribution in [0.4, 0.5) is 11.4 Å². The molecule has 0 aliphatic carbocycles. The number of nitrogens with zero attached hydrogens (tertiary/aromatic N) is 1. The van der Waals surface area contributed by atoms with E-state index in [1.54, 1.807) is 0 Å². The molecule has 0 spiro atoms. The fourth-order valence-electron chi connectivity index (χ4n) is 3.62. The molecule has 0 unspecified atom stereocenters. The van der Waals surface area contributed by atoms with Gasteiger partial charge in [0, 0.05) is 31.7 Å². The predicted molar refractivity (Wildman–Crippen MR) is 97.4 cm³/mol. The van der Waals surface area contributed by atoms with Gasteiger partial charge in [-0.05, 0) is 54.7 Å². The molecule has 2 aromatic carbocycles. The summed E-state index contributed by atoms with van der Waals surface area (Å²) in [6, 6.07) is 14.1. The van der Waals surface area contributed by atoms with E-state index in [-0.39, 0.29) is 5.91 Å². The summed E-state index contributed by atoms with van der Waals surface area (Å²) in [7, 11) is 0. The number of hydrogen-bond acceptors (Lipinski definition) is 3. The Morgan fingerprint density at radius 2 is 1.75 bits per heavy atom. The Morgan fingerprint density at radius 1 is 0.958 bits per heavy atom. The summed E-state index contributed by atoms with van der Waals surface area (Å²) in [6.07, 6.45) is 3.74. The molecule has 1 amide bonds. The minimum absolute atomic E-state index is 0.0332. The van der Waals surface area contributed by atoms with E-state index in [0.29, 0.717) is 0 Å². The van der Waals surface area contributed by atoms with Gasteiger partial charge in [0.2, 0.25) is 0 Å². The van der Waals surface area contributed by atoms with Crippen LogP contribution in [0.25, 0.3) is 0 Å². The quantitative estimate of drug-likeness (QED) is 0.909. The van der Waals surface area contributed by atoms with Crippen LogP contribution < -0.4 is 15.5 Å². The Balaban J connectivity index is 1.55. The van der Waals surface area contributed by atoms with E-state index in [1.165, 1.54) is 30.4 Å². The second kappa shape index (κ2) is 6.65. The highest BCUT2D eigenvalue weighted by atomic mass is 16.1. The number of hydrogen-bond donors (Lipinski definition) is 2. The lowest BCUT2D eigenvalue weighted by Gasteiger charge is -2.30. The van der Waals surface area contributed by atoms with Crippen LogP contribution in [-0.4, -0.2) is 19.0 Å². The number of rotatable bonds is 3. The minimum Gasteiger partial charge on any atom is -0.370 e. The SMILES string of the molecule is O=C(Nc1ccccc1N1CCCCC1)c1ccc2c(c1)CNC2. The Morgan fingerprint density at radius 3 is 2.62 bits per heavy atom. The fourth-order valence-corrected chi connectivity index (χ4v) is 3.62. The van der Waals surface area contributed by atoms with Crippen LogP contribution in [0.15, 0.2) is 42.5 Å². The molecule has 2 aromatic rings. The van der Waals surface area contributed by atoms with Crippen molar-refractivity contribution < 1.29 is 4.79 Å². The van der Waals surface area contributed by atoms with Crippen LogP contribution >= 0.6 is 0 Å². The van der Waals surface area contributed by atoms with Crippen LogP contribution in [0, 0.1) is 0 Å². The summed E-state index contributed by atoms with van der Waals surface area (Å²) in [6.45, 7) is 3.88. The van der Waals surface area contributed by atoms with E-state index in [1.807, 2.05) is 30.3 Å². The Labute approximate surface area is 142 Å². The molecule has 24 heavy (non-hydrogen) atoms. The zero-order valence-electron chi connectivity index (χ0n) is 13.8. The molecule has 1 saturated heterocycles. The Bertz CT molecular complexity index is 750. The number of benzene rings is 2. The molecule has 4 heteroatoms. The van der Waals surface area contributed by atoms with Crippen molar-refractivity contribution >= 4 is 17.3 Å². The van der Waals surface area contributed by atoms with E-state index in [9.17, 15) is 4.79 Å². The van der Waals surface area contributed by atoms with Gasteiger partial charge in [0.25, 0.3) is 5.91 Å². The Hall–Kier alpha value is -2.33. The second-order valence-electron chi connectivity index (χ2n) is 6.61. The van der Waals surface area contributed by atoms with E-state index in [4.69, 9.17) is 0 Å². The zero-order chi connectivity index (χ0) is 16.4. The summed E-state index contributed by atoms with van der Waals surface area (Å²) >= 11 is 0. The average molecular weight is 321 g/mol. The molecule has 124 valence electrons. The average Bonchev–Trinajstić information content (AvgIpc) is 3.10. The molecule has 4 rings (SSSR count). The van der Waals surface area contributed by atoms with Crippen LogP contribution in [-0.2, 0) is 13.1 Å². The summed E-state index contributed by atoms with van der Waals surface area (Å²) in [5.41, 5.74) is 5.29. The third-order valence-corrected chi connectivity index (χ3v) is 4.95. The van der Waals surface area contributed by atoms with Crippen LogP contribution in [0.3, 0.4) is 0 Å². The van der Waals surface area contributed by atoms with Gasteiger partial charge >= 0.3 is 0 Å². The van der Waals surface area contributed by atoms with E-state index in [2.05, 4.69) is 27.7 Å². The molecule has 2 aliphatic rings. The number of para-hydroxylation sites is 2. The van der Waals surface area contributed by atoms with Crippen molar-refractivity contribution in [3.8, 4) is 0 Å². The van der Waals surface area contributed by atoms with Crippen molar-refractivity contribution in [2.24, 2.45) is 0 Å². The van der Waals surface area contributed by atoms with Gasteiger partial charge in [-0.15, -0.1) is 0 Å². The van der Waals surface area contributed by atoms with Gasteiger partial charge in [0.05, 0.1) is 11.4 Å². The van der Waals surface area contributed by atoms with Gasteiger partial charge in [-0.2, -0.15) is 0 Å². The van der Waals surface area contributed by atoms with Crippen LogP contribution in [0.2, 0.25) is 0 Å². The summed E-state index contributed by atoms with van der Waals surface area (Å²) < 4.78 is 0. The molecular weight excluding hydrogens is 298 g/mol. The van der Waals surface area contributed by atoms with Gasteiger partial charge < -0.3 is 15.5 Å². The van der Waals surface area contributed by atoms with Gasteiger partial charge in [-0.25, -0.2) is 0 Å². The lowest BCUT2D eigenvalue weighted by atomic mass is 10.1. The molecule has 0 radical (unpaired) electrons. The number of carbonyl (C=O) groups excluding carboxylic acids is 1. The molecular formula is C20H23N3O. The first-order valence-electron chi connectivity index (χ1n) is 8.79. The van der Waals surface area contributed by atoms with Crippen LogP contribution in [0.1, 0.15) is 40.7 Å². The molecule has 2 heterocycles. The van der Waals surface area contributed by atoms with Crippen molar-refractivity contribution in [2.75, 3.05) is 23.3 Å². The fraction of sp³-hybridized carbons (Fsp3) is 0.350. The lowest BCUT2D eigenvalue weighted by Crippen LogP contribution is -2.30. The smallest absolute Gasteiger partial charge is 0.255 e. The number of nitrogens with one attached hydrogen (secondary N) is 2. The van der Waals surface area contributed by atoms with Crippen molar-refractivity contribution in [1.82, 2.24) is 5.32 Å². The molecule has 0 atom stereocenters. The third-order valence-electron chi connectivity index (χ3n) is 4.95. The molecule has 0 saturated carbocycles. The molecule has 1 fully saturated rings. The first-order valence-corrected chi connectivity index (χ1v) is 8.79. The standard InChI is InChI=1S/C20H23N3O/c24-20(15-8-9-16-13-21-14-17(16)12-15)22-18-6-2-3-7-19(18)23-10-4-1-5-11-23/h2-3,6-9,12,21H,1,4-5,10-11,13-14H2,(H,22,24). The number of amides is 1. The predicted octanol–water partition coefficient (Wildman–Crippen LogP) is 3.53. The first-order chi connectivity index (χ1) is 11.8. The van der Waals surface area contributed by atoms with Gasteiger partial charge in [0.15, 0.2) is 0 Å². The summed E-state index contributed by atoms with van der Waals surface area (Å²) in [5, 5.41) is 6.43. The molecule has 4 nitrogen and oxygen atoms in total. The van der Waals surface area contributed by atoms with Crippen molar-refractivity contribution in [1.29, 1.82) is 0 Å². The van der Waals surface area contributed by atoms with Crippen molar-refractivity contribution in [2.45, 2.75) is 32.4 Å². The number of anilines is 2. The van der Waals surface area contributed by atoms with E-state index < -0.39 is 0 Å². The minimum atomic E-state index is -0.0332. The number of carbonyl (C=O) groups is 1. The van der Waals surface area contributed by atoms with Crippen molar-refractivity contribution in [3.63, 3.8) is 0 Å². The molecule has 2 N–H and O–H groups in total. The summed E-state index contributed by atoms with van der Waals surface area (Å²) in [5.74, 6) is -0.0332. The lowest BCUT2D eigenvalue weighted by molar-refractivity contribution is 0.102. The number of fused-ring (bicyclic) bond motifs is 1. The monoisotopic (exact) mass is 321 g/mol. The second-order valence-corrected chi connectivity index (χ2v) is 6.61. The number of piperidine rings is 1. The largest absolute Gasteiger partial charge is 0.370 e. The maximum atomic E-state index is 12.7. The highest BCUT2D eigenvalue weighted by Crippen LogP contribution is 2.29. The normalized spacial score (nSPS) is 16.8. The highest BCUT2D eigenvalue weighted by Gasteiger charge is 2.17. The Kier molecular flexibility index (Phi) is 4.22. The molecule has 0 aromatic heterocycles. The maximum Gasteiger partial charge on any atom is 0.255 e. The molecule has 0 bridgehead atoms. The highest BCUT2D eigenvalue weighted by molar-refractivity contribution is 6.06. The zero-order valence-corrected chi connectivity index (χ0v) is 13.8. The molecule has 2 aliphatic heterocycles. The van der Waals surface area contributed by atoms with Gasteiger partial charge in [0.1, 0.15) is 0 Å². The summed E-state index contributed by atoms with van der Waals surface area (Å²) in [4.78, 5) is 15.1. The first kappa shape index (κ1) is 15.2. The van der Waals surface area contributed by atoms with Crippen molar-refractivity contribution in [3.05, 3.63) is 59.2 Å². The van der Waals surface area contributed by atoms with Gasteiger partial charge in [-0.3, -0.25) is 4.79 Å². The van der Waals surface area contributed by atoms with Crippen LogP contribution in [0.5, 0.6) is 0 Å². The van der Waals surface area contributed by atoms with E-state index in [0.717, 1.165) is 43.1 Å². The third kappa shape index (κ3) is 3.02. The topological polar surface area (TPSA) is 44.4 Å².